The van der Waals surface area contributed by atoms with Gasteiger partial charge in [0.15, 0.2) is 0 Å². The Morgan fingerprint density at radius 2 is 2.20 bits per heavy atom. The van der Waals surface area contributed by atoms with Crippen molar-refractivity contribution in [2.24, 2.45) is 5.92 Å². The van der Waals surface area contributed by atoms with E-state index >= 15 is 0 Å². The van der Waals surface area contributed by atoms with Gasteiger partial charge < -0.3 is 10.1 Å². The quantitative estimate of drug-likeness (QED) is 0.712. The van der Waals surface area contributed by atoms with Crippen LogP contribution < -0.4 is 5.32 Å². The summed E-state index contributed by atoms with van der Waals surface area (Å²) in [6.07, 6.45) is 5.26. The van der Waals surface area contributed by atoms with Gasteiger partial charge in [0.1, 0.15) is 0 Å². The lowest BCUT2D eigenvalue weighted by Crippen LogP contribution is -2.31. The lowest BCUT2D eigenvalue weighted by atomic mass is 10.1. The predicted molar refractivity (Wildman–Crippen MR) is 61.1 cm³/mol. The van der Waals surface area contributed by atoms with Gasteiger partial charge in [-0.15, -0.1) is 11.6 Å². The van der Waals surface area contributed by atoms with Crippen molar-refractivity contribution in [1.82, 2.24) is 5.32 Å². The van der Waals surface area contributed by atoms with Gasteiger partial charge in [-0.05, 0) is 19.3 Å². The van der Waals surface area contributed by atoms with Crippen molar-refractivity contribution in [2.45, 2.75) is 37.5 Å². The molecule has 1 N–H and O–H groups in total. The van der Waals surface area contributed by atoms with Crippen LogP contribution in [0.2, 0.25) is 0 Å². The van der Waals surface area contributed by atoms with E-state index in [0.717, 1.165) is 19.3 Å². The van der Waals surface area contributed by atoms with Gasteiger partial charge in [0.2, 0.25) is 5.91 Å². The highest BCUT2D eigenvalue weighted by Gasteiger charge is 2.22. The molecule has 1 atom stereocenters. The molecular formula is C11H20ClNO2. The topological polar surface area (TPSA) is 38.3 Å². The largest absolute Gasteiger partial charge is 0.383 e. The molecule has 4 heteroatoms. The number of nitrogens with one attached hydrogen (secondary N) is 1. The van der Waals surface area contributed by atoms with Crippen LogP contribution in [0.1, 0.15) is 32.1 Å². The van der Waals surface area contributed by atoms with Gasteiger partial charge in [0, 0.05) is 19.6 Å². The summed E-state index contributed by atoms with van der Waals surface area (Å²) in [5, 5.41) is 2.93. The molecule has 0 aromatic carbocycles. The summed E-state index contributed by atoms with van der Waals surface area (Å²) in [5.74, 6) is 0.454. The van der Waals surface area contributed by atoms with Gasteiger partial charge in [-0.25, -0.2) is 0 Å². The minimum absolute atomic E-state index is 0.00104. The van der Waals surface area contributed by atoms with Crippen molar-refractivity contribution in [1.29, 1.82) is 0 Å². The minimum Gasteiger partial charge on any atom is -0.383 e. The Bertz CT molecular complexity index is 193. The maximum Gasteiger partial charge on any atom is 0.223 e. The molecule has 0 aromatic heterocycles. The SMILES string of the molecule is COCC(Cl)CCNC(=O)C1CCCC1. The average molecular weight is 234 g/mol. The Labute approximate surface area is 96.5 Å². The predicted octanol–water partition coefficient (Wildman–Crippen LogP) is 1.94. The Kier molecular flexibility index (Phi) is 6.03. The average Bonchev–Trinajstić information content (AvgIpc) is 2.70. The summed E-state index contributed by atoms with van der Waals surface area (Å²) < 4.78 is 4.92. The van der Waals surface area contributed by atoms with Crippen molar-refractivity contribution in [2.75, 3.05) is 20.3 Å². The lowest BCUT2D eigenvalue weighted by Gasteiger charge is -2.12. The van der Waals surface area contributed by atoms with E-state index in [1.54, 1.807) is 7.11 Å². The molecule has 1 fully saturated rings. The molecule has 0 bridgehead atoms. The molecular weight excluding hydrogens is 214 g/mol. The fourth-order valence-electron chi connectivity index (χ4n) is 1.95. The van der Waals surface area contributed by atoms with Gasteiger partial charge >= 0.3 is 0 Å². The van der Waals surface area contributed by atoms with E-state index in [9.17, 15) is 4.79 Å². The Balaban J connectivity index is 2.06. The standard InChI is InChI=1S/C11H20ClNO2/c1-15-8-10(12)6-7-13-11(14)9-4-2-3-5-9/h9-10H,2-8H2,1H3,(H,13,14). The first-order valence-electron chi connectivity index (χ1n) is 5.64. The zero-order chi connectivity index (χ0) is 11.1. The number of carbonyl (C=O) groups excluding carboxylic acids is 1. The summed E-state index contributed by atoms with van der Waals surface area (Å²) in [6, 6.07) is 0. The Hall–Kier alpha value is -0.280. The van der Waals surface area contributed by atoms with Crippen LogP contribution in [0.15, 0.2) is 0 Å². The monoisotopic (exact) mass is 233 g/mol. The molecule has 3 nitrogen and oxygen atoms in total. The molecule has 1 amide bonds. The molecule has 0 heterocycles. The smallest absolute Gasteiger partial charge is 0.223 e. The first-order valence-corrected chi connectivity index (χ1v) is 6.08. The highest BCUT2D eigenvalue weighted by Crippen LogP contribution is 2.24. The molecule has 1 aliphatic carbocycles. The maximum atomic E-state index is 11.6. The molecule has 1 aliphatic rings. The fraction of sp³-hybridized carbons (Fsp3) is 0.909. The molecule has 0 saturated heterocycles. The number of methoxy groups -OCH3 is 1. The number of carbonyl (C=O) groups is 1. The van der Waals surface area contributed by atoms with Gasteiger partial charge in [-0.3, -0.25) is 4.79 Å². The molecule has 1 unspecified atom stereocenters. The van der Waals surface area contributed by atoms with E-state index in [1.165, 1.54) is 12.8 Å². The summed E-state index contributed by atoms with van der Waals surface area (Å²) in [5.41, 5.74) is 0. The number of rotatable bonds is 6. The van der Waals surface area contributed by atoms with Gasteiger partial charge in [-0.2, -0.15) is 0 Å². The molecule has 15 heavy (non-hydrogen) atoms. The van der Waals surface area contributed by atoms with Gasteiger partial charge in [0.05, 0.1) is 12.0 Å². The molecule has 1 saturated carbocycles. The number of alkyl halides is 1. The van der Waals surface area contributed by atoms with Crippen LogP contribution in [0.4, 0.5) is 0 Å². The molecule has 0 aromatic rings. The minimum atomic E-state index is -0.00104. The van der Waals surface area contributed by atoms with Crippen molar-refractivity contribution >= 4 is 17.5 Å². The highest BCUT2D eigenvalue weighted by atomic mass is 35.5. The second kappa shape index (κ2) is 7.07. The van der Waals surface area contributed by atoms with Gasteiger partial charge in [-0.1, -0.05) is 12.8 Å². The Morgan fingerprint density at radius 3 is 2.80 bits per heavy atom. The summed E-state index contributed by atoms with van der Waals surface area (Å²) >= 11 is 5.95. The second-order valence-electron chi connectivity index (χ2n) is 4.11. The number of hydrogen-bond acceptors (Lipinski definition) is 2. The Morgan fingerprint density at radius 1 is 1.53 bits per heavy atom. The maximum absolute atomic E-state index is 11.6. The number of amides is 1. The fourth-order valence-corrected chi connectivity index (χ4v) is 2.18. The molecule has 0 spiro atoms. The van der Waals surface area contributed by atoms with Crippen LogP contribution in [-0.2, 0) is 9.53 Å². The first kappa shape index (κ1) is 12.8. The van der Waals surface area contributed by atoms with Crippen molar-refractivity contribution < 1.29 is 9.53 Å². The zero-order valence-electron chi connectivity index (χ0n) is 9.30. The van der Waals surface area contributed by atoms with Crippen LogP contribution in [0.5, 0.6) is 0 Å². The second-order valence-corrected chi connectivity index (χ2v) is 4.73. The van der Waals surface area contributed by atoms with Crippen LogP contribution in [0, 0.1) is 5.92 Å². The molecule has 0 radical (unpaired) electrons. The molecule has 1 rings (SSSR count). The zero-order valence-corrected chi connectivity index (χ0v) is 10.1. The summed E-state index contributed by atoms with van der Waals surface area (Å²) in [6.45, 7) is 1.20. The molecule has 88 valence electrons. The van der Waals surface area contributed by atoms with E-state index in [2.05, 4.69) is 5.32 Å². The third kappa shape index (κ3) is 4.85. The highest BCUT2D eigenvalue weighted by molar-refractivity contribution is 6.20. The van der Waals surface area contributed by atoms with E-state index in [-0.39, 0.29) is 17.2 Å². The van der Waals surface area contributed by atoms with E-state index in [4.69, 9.17) is 16.3 Å². The third-order valence-electron chi connectivity index (χ3n) is 2.83. The first-order chi connectivity index (χ1) is 7.24. The number of halogens is 1. The summed E-state index contributed by atoms with van der Waals surface area (Å²) in [7, 11) is 1.63. The van der Waals surface area contributed by atoms with Crippen molar-refractivity contribution in [3.05, 3.63) is 0 Å². The number of ether oxygens (including phenoxy) is 1. The molecule has 0 aliphatic heterocycles. The van der Waals surface area contributed by atoms with E-state index < -0.39 is 0 Å². The van der Waals surface area contributed by atoms with E-state index in [1.807, 2.05) is 0 Å². The third-order valence-corrected chi connectivity index (χ3v) is 3.17. The lowest BCUT2D eigenvalue weighted by molar-refractivity contribution is -0.124. The van der Waals surface area contributed by atoms with Crippen molar-refractivity contribution in [3.63, 3.8) is 0 Å². The van der Waals surface area contributed by atoms with Crippen LogP contribution in [0.3, 0.4) is 0 Å². The van der Waals surface area contributed by atoms with E-state index in [0.29, 0.717) is 13.2 Å². The van der Waals surface area contributed by atoms with Crippen molar-refractivity contribution in [3.8, 4) is 0 Å². The van der Waals surface area contributed by atoms with Crippen LogP contribution in [0.25, 0.3) is 0 Å². The normalized spacial score (nSPS) is 19.1. The van der Waals surface area contributed by atoms with Gasteiger partial charge in [0.25, 0.3) is 0 Å². The number of hydrogen-bond donors (Lipinski definition) is 1. The summed E-state index contributed by atoms with van der Waals surface area (Å²) in [4.78, 5) is 11.6. The van der Waals surface area contributed by atoms with Crippen LogP contribution in [-0.4, -0.2) is 31.5 Å². The van der Waals surface area contributed by atoms with Crippen LogP contribution >= 0.6 is 11.6 Å².